The number of benzene rings is 2. The fourth-order valence-corrected chi connectivity index (χ4v) is 7.09. The second-order valence-electron chi connectivity index (χ2n) is 9.71. The Bertz CT molecular complexity index is 1180. The fourth-order valence-electron chi connectivity index (χ4n) is 5.21. The summed E-state index contributed by atoms with van der Waals surface area (Å²) in [6.45, 7) is 9.86. The molecule has 2 amide bonds. The van der Waals surface area contributed by atoms with Crippen LogP contribution in [0.25, 0.3) is 0 Å². The summed E-state index contributed by atoms with van der Waals surface area (Å²) in [7, 11) is -3.63. The van der Waals surface area contributed by atoms with E-state index >= 15 is 0 Å². The van der Waals surface area contributed by atoms with Crippen molar-refractivity contribution in [1.82, 2.24) is 14.1 Å². The summed E-state index contributed by atoms with van der Waals surface area (Å²) in [6.07, 6.45) is 2.73. The number of carbonyl (C=O) groups is 2. The molecule has 0 unspecified atom stereocenters. The number of hydrogen-bond acceptors (Lipinski definition) is 5. The Labute approximate surface area is 214 Å². The first-order valence-corrected chi connectivity index (χ1v) is 14.2. The number of nitrogens with zero attached hydrogens (tertiary/aromatic N) is 3. The molecule has 0 bridgehead atoms. The van der Waals surface area contributed by atoms with Crippen LogP contribution < -0.4 is 5.32 Å². The van der Waals surface area contributed by atoms with Gasteiger partial charge in [0.15, 0.2) is 0 Å². The number of carbonyl (C=O) groups excluding carboxylic acids is 2. The molecular weight excluding hydrogens is 476 g/mol. The van der Waals surface area contributed by atoms with Gasteiger partial charge in [-0.15, -0.1) is 0 Å². The maximum Gasteiger partial charge on any atom is 0.256 e. The number of piperidine rings is 1. The van der Waals surface area contributed by atoms with Gasteiger partial charge in [-0.25, -0.2) is 8.42 Å². The molecule has 0 saturated carbocycles. The van der Waals surface area contributed by atoms with Crippen molar-refractivity contribution in [2.24, 2.45) is 0 Å². The molecule has 194 valence electrons. The number of piperazine rings is 1. The second-order valence-corrected chi connectivity index (χ2v) is 11.6. The first kappa shape index (κ1) is 26.3. The number of sulfonamides is 1. The van der Waals surface area contributed by atoms with Gasteiger partial charge in [-0.05, 0) is 69.6 Å². The molecule has 2 aromatic carbocycles. The van der Waals surface area contributed by atoms with Crippen LogP contribution in [0.3, 0.4) is 0 Å². The van der Waals surface area contributed by atoms with Gasteiger partial charge in [0.1, 0.15) is 0 Å². The van der Waals surface area contributed by atoms with E-state index in [-0.39, 0.29) is 22.9 Å². The van der Waals surface area contributed by atoms with Gasteiger partial charge in [-0.1, -0.05) is 25.5 Å². The Morgan fingerprint density at radius 1 is 0.889 bits per heavy atom. The molecule has 0 aliphatic carbocycles. The van der Waals surface area contributed by atoms with E-state index in [1.807, 2.05) is 13.8 Å². The normalized spacial score (nSPS) is 21.8. The minimum atomic E-state index is -3.63. The van der Waals surface area contributed by atoms with Gasteiger partial charge in [-0.2, -0.15) is 4.31 Å². The summed E-state index contributed by atoms with van der Waals surface area (Å²) >= 11 is 0. The Hall–Kier alpha value is -2.75. The van der Waals surface area contributed by atoms with Crippen LogP contribution in [0.5, 0.6) is 0 Å². The van der Waals surface area contributed by atoms with Gasteiger partial charge in [0.05, 0.1) is 16.0 Å². The van der Waals surface area contributed by atoms with Gasteiger partial charge in [-0.3, -0.25) is 9.59 Å². The fraction of sp³-hybridized carbons (Fsp3) is 0.481. The highest BCUT2D eigenvalue weighted by atomic mass is 32.2. The predicted octanol–water partition coefficient (Wildman–Crippen LogP) is 3.67. The van der Waals surface area contributed by atoms with Crippen LogP contribution in [0.2, 0.25) is 0 Å². The highest BCUT2D eigenvalue weighted by Crippen LogP contribution is 2.30. The average molecular weight is 513 g/mol. The monoisotopic (exact) mass is 512 g/mol. The van der Waals surface area contributed by atoms with Crippen LogP contribution >= 0.6 is 0 Å². The van der Waals surface area contributed by atoms with E-state index in [1.54, 1.807) is 45.6 Å². The molecule has 0 spiro atoms. The van der Waals surface area contributed by atoms with Gasteiger partial charge >= 0.3 is 0 Å². The van der Waals surface area contributed by atoms with Crippen molar-refractivity contribution in [3.05, 3.63) is 59.7 Å². The molecule has 2 fully saturated rings. The Morgan fingerprint density at radius 3 is 2.06 bits per heavy atom. The maximum atomic E-state index is 13.3. The number of likely N-dealkylation sites (N-methyl/N-ethyl adjacent to an activating group) is 1. The van der Waals surface area contributed by atoms with Crippen LogP contribution in [0, 0.1) is 0 Å². The van der Waals surface area contributed by atoms with E-state index in [0.717, 1.165) is 38.9 Å². The minimum absolute atomic E-state index is 0.0443. The summed E-state index contributed by atoms with van der Waals surface area (Å²) in [5, 5.41) is 2.82. The maximum absolute atomic E-state index is 13.3. The molecule has 0 aromatic heterocycles. The second kappa shape index (κ2) is 11.1. The van der Waals surface area contributed by atoms with Gasteiger partial charge in [0.2, 0.25) is 10.0 Å². The Kier molecular flexibility index (Phi) is 8.12. The lowest BCUT2D eigenvalue weighted by atomic mass is 10.0. The molecule has 9 heteroatoms. The Balaban J connectivity index is 1.48. The molecule has 0 radical (unpaired) electrons. The molecule has 36 heavy (non-hydrogen) atoms. The van der Waals surface area contributed by atoms with Gasteiger partial charge < -0.3 is 15.1 Å². The average Bonchev–Trinajstić information content (AvgIpc) is 2.88. The van der Waals surface area contributed by atoms with E-state index in [4.69, 9.17) is 0 Å². The first-order valence-electron chi connectivity index (χ1n) is 12.8. The minimum Gasteiger partial charge on any atom is -0.336 e. The molecule has 2 aliphatic rings. The molecule has 2 atom stereocenters. The molecule has 2 saturated heterocycles. The number of amides is 2. The molecule has 8 nitrogen and oxygen atoms in total. The molecule has 2 aliphatic heterocycles. The summed E-state index contributed by atoms with van der Waals surface area (Å²) < 4.78 is 28.1. The van der Waals surface area contributed by atoms with Gasteiger partial charge in [0.25, 0.3) is 11.8 Å². The standard InChI is InChI=1S/C27H36N4O4S/c1-4-29-16-18-30(19-17-29)27(33)25-11-6-5-10-24(25)26(32)28-22-12-14-23(15-13-22)36(34,35)31-20(2)8-7-9-21(31)3/h5-6,10-15,20-21H,4,7-9,16-19H2,1-3H3,(H,28,32)/t20-,21+. The summed E-state index contributed by atoms with van der Waals surface area (Å²) in [6, 6.07) is 13.0. The number of nitrogens with one attached hydrogen (secondary N) is 1. The smallest absolute Gasteiger partial charge is 0.256 e. The van der Waals surface area contributed by atoms with E-state index in [0.29, 0.717) is 29.9 Å². The molecule has 2 aromatic rings. The number of anilines is 1. The van der Waals surface area contributed by atoms with Crippen molar-refractivity contribution >= 4 is 27.5 Å². The van der Waals surface area contributed by atoms with Crippen molar-refractivity contribution in [3.8, 4) is 0 Å². The summed E-state index contributed by atoms with van der Waals surface area (Å²) in [5.41, 5.74) is 1.14. The van der Waals surface area contributed by atoms with Crippen LogP contribution in [0.4, 0.5) is 5.69 Å². The first-order chi connectivity index (χ1) is 17.2. The van der Waals surface area contributed by atoms with Crippen molar-refractivity contribution in [2.75, 3.05) is 38.0 Å². The molecule has 2 heterocycles. The number of rotatable bonds is 6. The zero-order valence-electron chi connectivity index (χ0n) is 21.3. The molecular formula is C27H36N4O4S. The largest absolute Gasteiger partial charge is 0.336 e. The van der Waals surface area contributed by atoms with E-state index in [1.165, 1.54) is 12.1 Å². The van der Waals surface area contributed by atoms with Crippen LogP contribution in [0.15, 0.2) is 53.4 Å². The van der Waals surface area contributed by atoms with Crippen molar-refractivity contribution in [3.63, 3.8) is 0 Å². The SMILES string of the molecule is CCN1CCN(C(=O)c2ccccc2C(=O)Nc2ccc(S(=O)(=O)N3[C@H](C)CCC[C@@H]3C)cc2)CC1. The summed E-state index contributed by atoms with van der Waals surface area (Å²) in [4.78, 5) is 30.6. The van der Waals surface area contributed by atoms with E-state index in [2.05, 4.69) is 17.1 Å². The third-order valence-corrected chi connectivity index (χ3v) is 9.45. The topological polar surface area (TPSA) is 90.0 Å². The lowest BCUT2D eigenvalue weighted by Gasteiger charge is -2.37. The third kappa shape index (κ3) is 5.48. The third-order valence-electron chi connectivity index (χ3n) is 7.31. The molecule has 1 N–H and O–H groups in total. The van der Waals surface area contributed by atoms with E-state index < -0.39 is 15.9 Å². The predicted molar refractivity (Wildman–Crippen MR) is 141 cm³/mol. The quantitative estimate of drug-likeness (QED) is 0.638. The van der Waals surface area contributed by atoms with Crippen LogP contribution in [0.1, 0.15) is 60.7 Å². The zero-order chi connectivity index (χ0) is 25.9. The van der Waals surface area contributed by atoms with Crippen molar-refractivity contribution in [1.29, 1.82) is 0 Å². The lowest BCUT2D eigenvalue weighted by Crippen LogP contribution is -2.48. The number of hydrogen-bond donors (Lipinski definition) is 1. The highest BCUT2D eigenvalue weighted by molar-refractivity contribution is 7.89. The Morgan fingerprint density at radius 2 is 1.47 bits per heavy atom. The van der Waals surface area contributed by atoms with Crippen LogP contribution in [-0.2, 0) is 10.0 Å². The highest BCUT2D eigenvalue weighted by Gasteiger charge is 2.35. The van der Waals surface area contributed by atoms with Crippen molar-refractivity contribution in [2.45, 2.75) is 57.0 Å². The van der Waals surface area contributed by atoms with Crippen LogP contribution in [-0.4, -0.2) is 79.1 Å². The van der Waals surface area contributed by atoms with E-state index in [9.17, 15) is 18.0 Å². The zero-order valence-corrected chi connectivity index (χ0v) is 22.1. The summed E-state index contributed by atoms with van der Waals surface area (Å²) in [5.74, 6) is -0.553. The lowest BCUT2D eigenvalue weighted by molar-refractivity contribution is 0.0640. The van der Waals surface area contributed by atoms with Gasteiger partial charge in [0, 0.05) is 44.0 Å². The molecule has 4 rings (SSSR count). The van der Waals surface area contributed by atoms with Crippen molar-refractivity contribution < 1.29 is 18.0 Å².